The van der Waals surface area contributed by atoms with Crippen LogP contribution in [0.2, 0.25) is 0 Å². The monoisotopic (exact) mass is 427 g/mol. The van der Waals surface area contributed by atoms with E-state index in [4.69, 9.17) is 0 Å². The molecule has 4 nitrogen and oxygen atoms in total. The summed E-state index contributed by atoms with van der Waals surface area (Å²) in [4.78, 5) is 28.0. The fourth-order valence-corrected chi connectivity index (χ4v) is 10.2. The molecule has 0 spiro atoms. The van der Waals surface area contributed by atoms with Crippen LogP contribution >= 0.6 is 0 Å². The van der Waals surface area contributed by atoms with E-state index in [1.807, 2.05) is 0 Å². The first kappa shape index (κ1) is 20.8. The van der Waals surface area contributed by atoms with Crippen LogP contribution in [0, 0.1) is 52.8 Å². The second kappa shape index (κ2) is 6.88. The Balaban J connectivity index is 1.31. The van der Waals surface area contributed by atoms with Crippen molar-refractivity contribution in [3.8, 4) is 0 Å². The molecule has 4 heteroatoms. The zero-order valence-electron chi connectivity index (χ0n) is 19.7. The van der Waals surface area contributed by atoms with Gasteiger partial charge in [0.2, 0.25) is 0 Å². The van der Waals surface area contributed by atoms with Crippen LogP contribution in [-0.4, -0.2) is 46.3 Å². The molecular weight excluding hydrogens is 386 g/mol. The normalized spacial score (nSPS) is 56.8. The van der Waals surface area contributed by atoms with Gasteiger partial charge >= 0.3 is 0 Å². The molecule has 6 fully saturated rings. The van der Waals surface area contributed by atoms with Gasteiger partial charge in [-0.05, 0) is 92.3 Å². The van der Waals surface area contributed by atoms with E-state index in [9.17, 15) is 14.7 Å². The van der Waals surface area contributed by atoms with Gasteiger partial charge in [0.25, 0.3) is 0 Å². The molecule has 4 saturated carbocycles. The number of carbonyl (C=O) groups excluding carboxylic acids is 2. The van der Waals surface area contributed by atoms with Gasteiger partial charge in [-0.15, -0.1) is 0 Å². The number of rotatable bonds is 0. The lowest BCUT2D eigenvalue weighted by molar-refractivity contribution is -0.175. The molecule has 2 saturated heterocycles. The van der Waals surface area contributed by atoms with Crippen LogP contribution in [0.5, 0.6) is 0 Å². The predicted molar refractivity (Wildman–Crippen MR) is 119 cm³/mol. The van der Waals surface area contributed by atoms with Crippen molar-refractivity contribution < 1.29 is 14.7 Å². The van der Waals surface area contributed by atoms with E-state index in [-0.39, 0.29) is 11.3 Å². The van der Waals surface area contributed by atoms with Crippen LogP contribution in [0.15, 0.2) is 0 Å². The van der Waals surface area contributed by atoms with Crippen LogP contribution in [0.3, 0.4) is 0 Å². The Morgan fingerprint density at radius 1 is 0.903 bits per heavy atom. The number of fused-ring (bicyclic) bond motifs is 8. The Hall–Kier alpha value is -0.740. The maximum absolute atomic E-state index is 13.2. The summed E-state index contributed by atoms with van der Waals surface area (Å²) in [6.07, 6.45) is 8.75. The topological polar surface area (TPSA) is 57.6 Å². The third-order valence-electron chi connectivity index (χ3n) is 11.7. The maximum atomic E-state index is 13.2. The number of hydrogen-bond donors (Lipinski definition) is 1. The summed E-state index contributed by atoms with van der Waals surface area (Å²) >= 11 is 0. The number of carbonyl (C=O) groups is 2. The summed E-state index contributed by atoms with van der Waals surface area (Å²) in [6, 6.07) is 0.331. The van der Waals surface area contributed by atoms with Gasteiger partial charge in [0, 0.05) is 44.3 Å². The van der Waals surface area contributed by atoms with E-state index in [0.717, 1.165) is 44.7 Å². The standard InChI is InChI=1S/C27H41NO3/c1-15-4-7-25-27(3,31)21-6-5-17-18(20(21)14-28(25)13-15)11-22-19(17)12-24(30)23-10-16(29)8-9-26(22,23)2/h15,17-23,25,31H,4-14H2,1-3H3/t15-,17+,18+,19-,20-,21-,22-,23+,25-,26+,27-/m0/s1. The van der Waals surface area contributed by atoms with Crippen molar-refractivity contribution in [2.75, 3.05) is 13.1 Å². The minimum absolute atomic E-state index is 0.0206. The summed E-state index contributed by atoms with van der Waals surface area (Å²) in [6.45, 7) is 9.15. The molecular formula is C27H41NO3. The van der Waals surface area contributed by atoms with E-state index < -0.39 is 5.60 Å². The lowest BCUT2D eigenvalue weighted by Crippen LogP contribution is -2.67. The molecule has 6 rings (SSSR count). The quantitative estimate of drug-likeness (QED) is 0.632. The van der Waals surface area contributed by atoms with Crippen LogP contribution in [0.1, 0.15) is 78.6 Å². The molecule has 0 amide bonds. The van der Waals surface area contributed by atoms with Crippen LogP contribution in [0.25, 0.3) is 0 Å². The number of Topliss-reactive ketones (excluding diaryl/α,β-unsaturated/α-hetero) is 2. The van der Waals surface area contributed by atoms with Gasteiger partial charge in [0.15, 0.2) is 0 Å². The Bertz CT molecular complexity index is 791. The average molecular weight is 428 g/mol. The Morgan fingerprint density at radius 3 is 2.52 bits per heavy atom. The lowest BCUT2D eigenvalue weighted by Gasteiger charge is -2.59. The third-order valence-corrected chi connectivity index (χ3v) is 11.7. The van der Waals surface area contributed by atoms with E-state index in [1.54, 1.807) is 0 Å². The van der Waals surface area contributed by atoms with Gasteiger partial charge < -0.3 is 5.11 Å². The number of aliphatic hydroxyl groups is 1. The van der Waals surface area contributed by atoms with Gasteiger partial charge in [-0.25, -0.2) is 0 Å². The summed E-state index contributed by atoms with van der Waals surface area (Å²) in [7, 11) is 0. The van der Waals surface area contributed by atoms with Gasteiger partial charge in [-0.3, -0.25) is 14.5 Å². The van der Waals surface area contributed by atoms with Crippen molar-refractivity contribution in [3.05, 3.63) is 0 Å². The van der Waals surface area contributed by atoms with E-state index >= 15 is 0 Å². The SMILES string of the molecule is C[C@H]1CC[C@@H]2N(C1)C[C@H]1[C@@H]3C[C@H]4[C@@H](CC(=O)[C@H]5CC(=O)CC[C@@]54C)[C@@H]3CC[C@@H]1[C@]2(C)O. The molecule has 11 atom stereocenters. The number of piperidine rings is 2. The van der Waals surface area contributed by atoms with Crippen molar-refractivity contribution in [1.82, 2.24) is 4.90 Å². The minimum atomic E-state index is -0.582. The smallest absolute Gasteiger partial charge is 0.137 e. The molecule has 31 heavy (non-hydrogen) atoms. The second-order valence-electron chi connectivity index (χ2n) is 13.0. The van der Waals surface area contributed by atoms with Gasteiger partial charge in [0.1, 0.15) is 11.6 Å². The fourth-order valence-electron chi connectivity index (χ4n) is 10.2. The number of hydrogen-bond acceptors (Lipinski definition) is 4. The van der Waals surface area contributed by atoms with Crippen LogP contribution in [0.4, 0.5) is 0 Å². The molecule has 2 heterocycles. The highest BCUT2D eigenvalue weighted by Gasteiger charge is 2.64. The minimum Gasteiger partial charge on any atom is -0.388 e. The zero-order valence-corrected chi connectivity index (χ0v) is 19.7. The zero-order chi connectivity index (χ0) is 21.7. The summed E-state index contributed by atoms with van der Waals surface area (Å²) in [5.41, 5.74) is -0.554. The third kappa shape index (κ3) is 2.86. The largest absolute Gasteiger partial charge is 0.388 e. The highest BCUT2D eigenvalue weighted by atomic mass is 16.3. The summed E-state index contributed by atoms with van der Waals surface area (Å²) < 4.78 is 0. The van der Waals surface area contributed by atoms with Gasteiger partial charge in [-0.2, -0.15) is 0 Å². The molecule has 1 N–H and O–H groups in total. The number of ketones is 2. The van der Waals surface area contributed by atoms with E-state index in [1.165, 1.54) is 19.3 Å². The predicted octanol–water partition coefficient (Wildman–Crippen LogP) is 4.09. The summed E-state index contributed by atoms with van der Waals surface area (Å²) in [5, 5.41) is 11.8. The van der Waals surface area contributed by atoms with Crippen LogP contribution in [-0.2, 0) is 9.59 Å². The van der Waals surface area contributed by atoms with Crippen molar-refractivity contribution in [1.29, 1.82) is 0 Å². The van der Waals surface area contributed by atoms with Gasteiger partial charge in [-0.1, -0.05) is 13.8 Å². The molecule has 6 aliphatic rings. The Kier molecular flexibility index (Phi) is 4.63. The molecule has 172 valence electrons. The van der Waals surface area contributed by atoms with Crippen molar-refractivity contribution in [3.63, 3.8) is 0 Å². The lowest BCUT2D eigenvalue weighted by atomic mass is 9.52. The first-order valence-electron chi connectivity index (χ1n) is 13.2. The van der Waals surface area contributed by atoms with Crippen molar-refractivity contribution in [2.45, 2.75) is 90.2 Å². The molecule has 0 aromatic rings. The molecule has 0 radical (unpaired) electrons. The molecule has 0 bridgehead atoms. The summed E-state index contributed by atoms with van der Waals surface area (Å²) in [5.74, 6) is 4.81. The highest BCUT2D eigenvalue weighted by Crippen LogP contribution is 2.66. The molecule has 4 aliphatic carbocycles. The van der Waals surface area contributed by atoms with E-state index in [2.05, 4.69) is 25.7 Å². The Labute approximate surface area is 187 Å². The number of nitrogens with zero attached hydrogens (tertiary/aromatic N) is 1. The first-order valence-corrected chi connectivity index (χ1v) is 13.2. The average Bonchev–Trinajstić information content (AvgIpc) is 3.09. The van der Waals surface area contributed by atoms with Gasteiger partial charge in [0.05, 0.1) is 5.60 Å². The second-order valence-corrected chi connectivity index (χ2v) is 13.0. The molecule has 0 aromatic heterocycles. The first-order chi connectivity index (χ1) is 14.7. The highest BCUT2D eigenvalue weighted by molar-refractivity contribution is 5.90. The van der Waals surface area contributed by atoms with Crippen molar-refractivity contribution >= 4 is 11.6 Å². The van der Waals surface area contributed by atoms with Crippen molar-refractivity contribution in [2.24, 2.45) is 52.8 Å². The fraction of sp³-hybridized carbons (Fsp3) is 0.926. The van der Waals surface area contributed by atoms with E-state index in [0.29, 0.717) is 66.0 Å². The van der Waals surface area contributed by atoms with Crippen LogP contribution < -0.4 is 0 Å². The molecule has 0 unspecified atom stereocenters. The molecule has 2 aliphatic heterocycles. The maximum Gasteiger partial charge on any atom is 0.137 e. The Morgan fingerprint density at radius 2 is 1.71 bits per heavy atom. The molecule has 0 aromatic carbocycles.